The van der Waals surface area contributed by atoms with Crippen molar-refractivity contribution in [2.24, 2.45) is 4.99 Å². The van der Waals surface area contributed by atoms with Crippen molar-refractivity contribution in [3.63, 3.8) is 0 Å². The molecule has 0 fully saturated rings. The number of rotatable bonds is 3. The Hall–Kier alpha value is -2.10. The fraction of sp³-hybridized carbons (Fsp3) is 0.286. The summed E-state index contributed by atoms with van der Waals surface area (Å²) in [5, 5.41) is 13.3. The number of hydrogen-bond acceptors (Lipinski definition) is 4. The van der Waals surface area contributed by atoms with E-state index in [4.69, 9.17) is 0 Å². The van der Waals surface area contributed by atoms with Crippen LogP contribution in [0.5, 0.6) is 0 Å². The van der Waals surface area contributed by atoms with Gasteiger partial charge in [-0.25, -0.2) is 0 Å². The number of aliphatic hydroxyl groups is 1. The fourth-order valence-electron chi connectivity index (χ4n) is 1.89. The number of carbonyl (C=O) groups is 1. The van der Waals surface area contributed by atoms with Crippen molar-refractivity contribution < 1.29 is 9.90 Å². The standard InChI is InChI=1S/C14H16N2O2/c1-10(17)12(14-15-8-5-9-16-14)13(18)11-6-3-2-4-7-11/h2-4,6-7,18H,5,8-9H2,1H3,(H,15,16)/b13-12+. The predicted molar refractivity (Wildman–Crippen MR) is 71.6 cm³/mol. The molecule has 0 aliphatic carbocycles. The van der Waals surface area contributed by atoms with Crippen LogP contribution in [0.2, 0.25) is 0 Å². The van der Waals surface area contributed by atoms with Gasteiger partial charge in [0.05, 0.1) is 0 Å². The third-order valence-corrected chi connectivity index (χ3v) is 2.77. The van der Waals surface area contributed by atoms with E-state index in [9.17, 15) is 9.90 Å². The zero-order chi connectivity index (χ0) is 13.0. The Morgan fingerprint density at radius 1 is 1.33 bits per heavy atom. The molecule has 0 unspecified atom stereocenters. The number of hydrogen-bond donors (Lipinski definition) is 2. The second kappa shape index (κ2) is 5.49. The zero-order valence-corrected chi connectivity index (χ0v) is 10.3. The highest BCUT2D eigenvalue weighted by atomic mass is 16.3. The van der Waals surface area contributed by atoms with Crippen LogP contribution < -0.4 is 5.32 Å². The Labute approximate surface area is 106 Å². The zero-order valence-electron chi connectivity index (χ0n) is 10.3. The Morgan fingerprint density at radius 3 is 2.61 bits per heavy atom. The normalized spacial score (nSPS) is 16.4. The molecule has 0 aromatic heterocycles. The largest absolute Gasteiger partial charge is 0.506 e. The molecule has 2 N–H and O–H groups in total. The smallest absolute Gasteiger partial charge is 0.167 e. The van der Waals surface area contributed by atoms with Gasteiger partial charge in [-0.05, 0) is 13.3 Å². The van der Waals surface area contributed by atoms with E-state index in [0.29, 0.717) is 17.9 Å². The van der Waals surface area contributed by atoms with Gasteiger partial charge in [0, 0.05) is 18.7 Å². The van der Waals surface area contributed by atoms with E-state index in [0.717, 1.165) is 13.0 Å². The van der Waals surface area contributed by atoms with E-state index in [-0.39, 0.29) is 17.1 Å². The van der Waals surface area contributed by atoms with E-state index in [2.05, 4.69) is 10.3 Å². The van der Waals surface area contributed by atoms with Crippen LogP contribution in [0.15, 0.2) is 40.9 Å². The average molecular weight is 244 g/mol. The van der Waals surface area contributed by atoms with Gasteiger partial charge in [-0.3, -0.25) is 9.79 Å². The first-order chi connectivity index (χ1) is 8.70. The molecule has 0 saturated heterocycles. The Morgan fingerprint density at radius 2 is 2.06 bits per heavy atom. The summed E-state index contributed by atoms with van der Waals surface area (Å²) in [4.78, 5) is 16.0. The predicted octanol–water partition coefficient (Wildman–Crippen LogP) is 1.94. The number of aliphatic imine (C=N–C) groups is 1. The van der Waals surface area contributed by atoms with Crippen LogP contribution in [0, 0.1) is 0 Å². The first-order valence-electron chi connectivity index (χ1n) is 5.98. The van der Waals surface area contributed by atoms with Gasteiger partial charge >= 0.3 is 0 Å². The summed E-state index contributed by atoms with van der Waals surface area (Å²) in [7, 11) is 0. The van der Waals surface area contributed by atoms with Gasteiger partial charge in [-0.2, -0.15) is 0 Å². The monoisotopic (exact) mass is 244 g/mol. The molecule has 2 rings (SSSR count). The third-order valence-electron chi connectivity index (χ3n) is 2.77. The first-order valence-corrected chi connectivity index (χ1v) is 5.98. The minimum Gasteiger partial charge on any atom is -0.506 e. The highest BCUT2D eigenvalue weighted by molar-refractivity contribution is 6.25. The van der Waals surface area contributed by atoms with Crippen molar-refractivity contribution in [2.45, 2.75) is 13.3 Å². The van der Waals surface area contributed by atoms with Crippen molar-refractivity contribution in [2.75, 3.05) is 13.1 Å². The number of ketones is 1. The van der Waals surface area contributed by atoms with Gasteiger partial charge in [-0.1, -0.05) is 30.3 Å². The Balaban J connectivity index is 2.46. The first kappa shape index (κ1) is 12.4. The summed E-state index contributed by atoms with van der Waals surface area (Å²) in [6, 6.07) is 9.03. The number of carbonyl (C=O) groups excluding carboxylic acids is 1. The Bertz CT molecular complexity index is 504. The van der Waals surface area contributed by atoms with Crippen LogP contribution in [0.4, 0.5) is 0 Å². The fourth-order valence-corrected chi connectivity index (χ4v) is 1.89. The molecule has 0 spiro atoms. The van der Waals surface area contributed by atoms with E-state index >= 15 is 0 Å². The molecule has 0 saturated carbocycles. The van der Waals surface area contributed by atoms with Crippen LogP contribution in [0.3, 0.4) is 0 Å². The molecular formula is C14H16N2O2. The number of benzene rings is 1. The molecule has 0 radical (unpaired) electrons. The number of aliphatic hydroxyl groups excluding tert-OH is 1. The van der Waals surface area contributed by atoms with E-state index in [1.165, 1.54) is 6.92 Å². The number of nitrogens with one attached hydrogen (secondary N) is 1. The van der Waals surface area contributed by atoms with Gasteiger partial charge in [0.2, 0.25) is 0 Å². The third kappa shape index (κ3) is 2.59. The summed E-state index contributed by atoms with van der Waals surface area (Å²) in [5.41, 5.74) is 0.888. The lowest BCUT2D eigenvalue weighted by atomic mass is 10.0. The van der Waals surface area contributed by atoms with Crippen molar-refractivity contribution in [1.29, 1.82) is 0 Å². The molecule has 1 aliphatic heterocycles. The lowest BCUT2D eigenvalue weighted by molar-refractivity contribution is -0.113. The van der Waals surface area contributed by atoms with Crippen LogP contribution in [-0.4, -0.2) is 29.8 Å². The van der Waals surface area contributed by atoms with Crippen LogP contribution in [-0.2, 0) is 4.79 Å². The van der Waals surface area contributed by atoms with Crippen LogP contribution in [0.25, 0.3) is 5.76 Å². The quantitative estimate of drug-likeness (QED) is 0.631. The topological polar surface area (TPSA) is 61.7 Å². The SMILES string of the molecule is CC(=O)/C(C1=NCCCN1)=C(\O)c1ccccc1. The molecule has 4 heteroatoms. The van der Waals surface area contributed by atoms with Crippen molar-refractivity contribution >= 4 is 17.4 Å². The lowest BCUT2D eigenvalue weighted by Crippen LogP contribution is -2.33. The molecule has 1 aromatic rings. The highest BCUT2D eigenvalue weighted by Crippen LogP contribution is 2.18. The molecule has 1 heterocycles. The summed E-state index contributed by atoms with van der Waals surface area (Å²) >= 11 is 0. The molecule has 18 heavy (non-hydrogen) atoms. The van der Waals surface area contributed by atoms with Crippen molar-refractivity contribution in [1.82, 2.24) is 5.32 Å². The minimum absolute atomic E-state index is 0.0174. The molecule has 0 bridgehead atoms. The second-order valence-electron chi connectivity index (χ2n) is 4.16. The molecule has 94 valence electrons. The van der Waals surface area contributed by atoms with Gasteiger partial charge in [0.25, 0.3) is 0 Å². The van der Waals surface area contributed by atoms with Crippen LogP contribution in [0.1, 0.15) is 18.9 Å². The molecule has 4 nitrogen and oxygen atoms in total. The highest BCUT2D eigenvalue weighted by Gasteiger charge is 2.20. The van der Waals surface area contributed by atoms with Gasteiger partial charge < -0.3 is 10.4 Å². The van der Waals surface area contributed by atoms with E-state index in [1.807, 2.05) is 18.2 Å². The van der Waals surface area contributed by atoms with Gasteiger partial charge in [-0.15, -0.1) is 0 Å². The molecule has 0 atom stereocenters. The summed E-state index contributed by atoms with van der Waals surface area (Å²) < 4.78 is 0. The molecule has 0 amide bonds. The minimum atomic E-state index is -0.190. The summed E-state index contributed by atoms with van der Waals surface area (Å²) in [5.74, 6) is 0.288. The molecule has 1 aromatic carbocycles. The number of amidine groups is 1. The summed E-state index contributed by atoms with van der Waals surface area (Å²) in [6.07, 6.45) is 0.945. The van der Waals surface area contributed by atoms with Crippen LogP contribution >= 0.6 is 0 Å². The van der Waals surface area contributed by atoms with E-state index < -0.39 is 0 Å². The molecular weight excluding hydrogens is 228 g/mol. The maximum atomic E-state index is 11.7. The number of nitrogens with zero attached hydrogens (tertiary/aromatic N) is 1. The second-order valence-corrected chi connectivity index (χ2v) is 4.16. The average Bonchev–Trinajstić information content (AvgIpc) is 2.40. The number of Topliss-reactive ketones (excluding diaryl/α,β-unsaturated/α-hetero) is 1. The maximum Gasteiger partial charge on any atom is 0.167 e. The Kier molecular flexibility index (Phi) is 3.77. The van der Waals surface area contributed by atoms with Crippen molar-refractivity contribution in [3.05, 3.63) is 41.5 Å². The van der Waals surface area contributed by atoms with Gasteiger partial charge in [0.1, 0.15) is 17.2 Å². The maximum absolute atomic E-state index is 11.7. The summed E-state index contributed by atoms with van der Waals surface area (Å²) in [6.45, 7) is 2.90. The molecule has 1 aliphatic rings. The van der Waals surface area contributed by atoms with Crippen molar-refractivity contribution in [3.8, 4) is 0 Å². The van der Waals surface area contributed by atoms with Gasteiger partial charge in [0.15, 0.2) is 5.78 Å². The van der Waals surface area contributed by atoms with E-state index in [1.54, 1.807) is 12.1 Å². The lowest BCUT2D eigenvalue weighted by Gasteiger charge is -2.17.